The molecule has 0 aliphatic heterocycles. The summed E-state index contributed by atoms with van der Waals surface area (Å²) in [5.41, 5.74) is 5.72. The van der Waals surface area contributed by atoms with Gasteiger partial charge in [0.05, 0.1) is 0 Å². The second kappa shape index (κ2) is 6.24. The molecule has 1 fully saturated rings. The number of nitrogens with zero attached hydrogens (tertiary/aromatic N) is 2. The van der Waals surface area contributed by atoms with E-state index < -0.39 is 10.0 Å². The van der Waals surface area contributed by atoms with Crippen molar-refractivity contribution >= 4 is 10.0 Å². The van der Waals surface area contributed by atoms with Crippen LogP contribution in [0.5, 0.6) is 0 Å². The predicted octanol–water partition coefficient (Wildman–Crippen LogP) is 0.865. The Balaban J connectivity index is 2.03. The number of hydrogen-bond acceptors (Lipinski definition) is 4. The Labute approximate surface area is 120 Å². The van der Waals surface area contributed by atoms with E-state index in [0.717, 1.165) is 19.3 Å². The van der Waals surface area contributed by atoms with Crippen LogP contribution in [0, 0.1) is 18.8 Å². The molecule has 0 radical (unpaired) electrons. The highest BCUT2D eigenvalue weighted by atomic mass is 32.2. The van der Waals surface area contributed by atoms with Crippen LogP contribution in [0.3, 0.4) is 0 Å². The van der Waals surface area contributed by atoms with Crippen LogP contribution in [0.1, 0.15) is 32.0 Å². The van der Waals surface area contributed by atoms with Crippen molar-refractivity contribution in [1.29, 1.82) is 0 Å². The number of nitrogens with two attached hydrogens (primary N) is 1. The van der Waals surface area contributed by atoms with Crippen LogP contribution in [-0.2, 0) is 16.6 Å². The van der Waals surface area contributed by atoms with E-state index in [4.69, 9.17) is 5.73 Å². The topological polar surface area (TPSA) is 90.0 Å². The molecule has 6 nitrogen and oxygen atoms in total. The molecule has 20 heavy (non-hydrogen) atoms. The molecule has 0 saturated heterocycles. The summed E-state index contributed by atoms with van der Waals surface area (Å²) in [6.07, 6.45) is 4.88. The average Bonchev–Trinajstić information content (AvgIpc) is 3.02. The number of imidazole rings is 1. The first-order chi connectivity index (χ1) is 9.47. The van der Waals surface area contributed by atoms with Crippen molar-refractivity contribution in [3.05, 3.63) is 12.0 Å². The first-order valence-electron chi connectivity index (χ1n) is 7.21. The van der Waals surface area contributed by atoms with Gasteiger partial charge in [-0.1, -0.05) is 6.42 Å². The number of aryl methyl sites for hydroxylation is 2. The first kappa shape index (κ1) is 15.5. The van der Waals surface area contributed by atoms with E-state index in [-0.39, 0.29) is 5.03 Å². The fourth-order valence-corrected chi connectivity index (χ4v) is 4.01. The van der Waals surface area contributed by atoms with E-state index >= 15 is 0 Å². The molecule has 0 spiro atoms. The Morgan fingerprint density at radius 2 is 2.15 bits per heavy atom. The minimum atomic E-state index is -3.51. The van der Waals surface area contributed by atoms with Crippen LogP contribution in [-0.4, -0.2) is 31.1 Å². The van der Waals surface area contributed by atoms with Gasteiger partial charge in [0.25, 0.3) is 10.0 Å². The Kier molecular flexibility index (Phi) is 4.82. The van der Waals surface area contributed by atoms with E-state index in [9.17, 15) is 8.42 Å². The molecule has 3 N–H and O–H groups in total. The van der Waals surface area contributed by atoms with Crippen molar-refractivity contribution in [2.45, 2.75) is 44.7 Å². The minimum Gasteiger partial charge on any atom is -0.334 e. The molecule has 0 bridgehead atoms. The number of hydrogen-bond donors (Lipinski definition) is 2. The van der Waals surface area contributed by atoms with Crippen LogP contribution in [0.15, 0.2) is 11.2 Å². The standard InChI is InChI=1S/C13H24N4O2S/c1-3-17-9-13(16-10(17)2)20(18,19)15-8-12-6-4-5-11(12)7-14/h9,11-12,15H,3-8,14H2,1-2H3. The molecule has 114 valence electrons. The number of aromatic nitrogens is 2. The van der Waals surface area contributed by atoms with Crippen molar-refractivity contribution in [3.63, 3.8) is 0 Å². The van der Waals surface area contributed by atoms with Crippen molar-refractivity contribution < 1.29 is 8.42 Å². The lowest BCUT2D eigenvalue weighted by molar-refractivity contribution is 0.393. The van der Waals surface area contributed by atoms with Crippen molar-refractivity contribution in [3.8, 4) is 0 Å². The lowest BCUT2D eigenvalue weighted by Crippen LogP contribution is -2.33. The van der Waals surface area contributed by atoms with Gasteiger partial charge in [0, 0.05) is 19.3 Å². The zero-order chi connectivity index (χ0) is 14.8. The van der Waals surface area contributed by atoms with Crippen LogP contribution in [0.2, 0.25) is 0 Å². The molecule has 1 aliphatic rings. The van der Waals surface area contributed by atoms with Gasteiger partial charge in [-0.15, -0.1) is 0 Å². The van der Waals surface area contributed by atoms with E-state index in [1.165, 1.54) is 0 Å². The van der Waals surface area contributed by atoms with Gasteiger partial charge in [-0.25, -0.2) is 18.1 Å². The monoisotopic (exact) mass is 300 g/mol. The highest BCUT2D eigenvalue weighted by molar-refractivity contribution is 7.89. The van der Waals surface area contributed by atoms with E-state index in [1.807, 2.05) is 18.4 Å². The van der Waals surface area contributed by atoms with Gasteiger partial charge < -0.3 is 10.3 Å². The average molecular weight is 300 g/mol. The zero-order valence-electron chi connectivity index (χ0n) is 12.2. The Morgan fingerprint density at radius 3 is 2.75 bits per heavy atom. The number of rotatable bonds is 6. The lowest BCUT2D eigenvalue weighted by Gasteiger charge is -2.17. The summed E-state index contributed by atoms with van der Waals surface area (Å²) in [5.74, 6) is 1.50. The Bertz CT molecular complexity index is 553. The van der Waals surface area contributed by atoms with Crippen LogP contribution < -0.4 is 10.5 Å². The molecular formula is C13H24N4O2S. The molecular weight excluding hydrogens is 276 g/mol. The zero-order valence-corrected chi connectivity index (χ0v) is 13.0. The summed E-state index contributed by atoms with van der Waals surface area (Å²) in [7, 11) is -3.51. The molecule has 1 aromatic rings. The van der Waals surface area contributed by atoms with Gasteiger partial charge in [-0.2, -0.15) is 0 Å². The third kappa shape index (κ3) is 3.21. The van der Waals surface area contributed by atoms with E-state index in [2.05, 4.69) is 9.71 Å². The van der Waals surface area contributed by atoms with Crippen LogP contribution >= 0.6 is 0 Å². The fraction of sp³-hybridized carbons (Fsp3) is 0.769. The molecule has 2 rings (SSSR count). The third-order valence-electron chi connectivity index (χ3n) is 4.22. The molecule has 7 heteroatoms. The van der Waals surface area contributed by atoms with Crippen molar-refractivity contribution in [2.75, 3.05) is 13.1 Å². The largest absolute Gasteiger partial charge is 0.334 e. The SMILES string of the molecule is CCn1cc(S(=O)(=O)NCC2CCCC2CN)nc1C. The van der Waals surface area contributed by atoms with Gasteiger partial charge >= 0.3 is 0 Å². The summed E-state index contributed by atoms with van der Waals surface area (Å²) < 4.78 is 29.0. The maximum Gasteiger partial charge on any atom is 0.259 e. The molecule has 0 amide bonds. The van der Waals surface area contributed by atoms with Crippen LogP contribution in [0.4, 0.5) is 0 Å². The quantitative estimate of drug-likeness (QED) is 0.815. The fourth-order valence-electron chi connectivity index (χ4n) is 2.91. The van der Waals surface area contributed by atoms with E-state index in [0.29, 0.717) is 37.3 Å². The minimum absolute atomic E-state index is 0.110. The predicted molar refractivity (Wildman–Crippen MR) is 77.7 cm³/mol. The lowest BCUT2D eigenvalue weighted by atomic mass is 9.97. The highest BCUT2D eigenvalue weighted by Crippen LogP contribution is 2.30. The summed E-state index contributed by atoms with van der Waals surface area (Å²) in [5, 5.41) is 0.110. The molecule has 0 aromatic carbocycles. The summed E-state index contributed by atoms with van der Waals surface area (Å²) in [6, 6.07) is 0. The molecule has 1 heterocycles. The van der Waals surface area contributed by atoms with E-state index in [1.54, 1.807) is 6.20 Å². The maximum absolute atomic E-state index is 12.2. The first-order valence-corrected chi connectivity index (χ1v) is 8.69. The molecule has 2 unspecified atom stereocenters. The molecule has 1 aromatic heterocycles. The van der Waals surface area contributed by atoms with Gasteiger partial charge in [0.1, 0.15) is 5.82 Å². The summed E-state index contributed by atoms with van der Waals surface area (Å²) in [6.45, 7) is 5.58. The highest BCUT2D eigenvalue weighted by Gasteiger charge is 2.28. The summed E-state index contributed by atoms with van der Waals surface area (Å²) in [4.78, 5) is 4.13. The van der Waals surface area contributed by atoms with Gasteiger partial charge in [0.2, 0.25) is 0 Å². The molecule has 1 saturated carbocycles. The van der Waals surface area contributed by atoms with Crippen LogP contribution in [0.25, 0.3) is 0 Å². The maximum atomic E-state index is 12.2. The Hall–Kier alpha value is -0.920. The summed E-state index contributed by atoms with van der Waals surface area (Å²) >= 11 is 0. The van der Waals surface area contributed by atoms with Gasteiger partial charge in [-0.3, -0.25) is 0 Å². The smallest absolute Gasteiger partial charge is 0.259 e. The second-order valence-electron chi connectivity index (χ2n) is 5.45. The molecule has 1 aliphatic carbocycles. The van der Waals surface area contributed by atoms with Gasteiger partial charge in [-0.05, 0) is 45.1 Å². The Morgan fingerprint density at radius 1 is 1.45 bits per heavy atom. The molecule has 2 atom stereocenters. The third-order valence-corrected chi connectivity index (χ3v) is 5.52. The second-order valence-corrected chi connectivity index (χ2v) is 7.16. The number of sulfonamides is 1. The van der Waals surface area contributed by atoms with Crippen molar-refractivity contribution in [1.82, 2.24) is 14.3 Å². The van der Waals surface area contributed by atoms with Crippen molar-refractivity contribution in [2.24, 2.45) is 17.6 Å². The van der Waals surface area contributed by atoms with Gasteiger partial charge in [0.15, 0.2) is 5.03 Å². The normalized spacial score (nSPS) is 23.4. The number of nitrogens with one attached hydrogen (secondary N) is 1.